The van der Waals surface area contributed by atoms with Gasteiger partial charge in [0, 0.05) is 31.6 Å². The summed E-state index contributed by atoms with van der Waals surface area (Å²) in [5.41, 5.74) is 0. The Morgan fingerprint density at radius 1 is 1.30 bits per heavy atom. The number of sulfonamides is 1. The molecule has 2 aliphatic rings. The Morgan fingerprint density at radius 3 is 2.74 bits per heavy atom. The number of guanidine groups is 1. The Labute approximate surface area is 179 Å². The van der Waals surface area contributed by atoms with Crippen molar-refractivity contribution < 1.29 is 12.8 Å². The molecule has 0 radical (unpaired) electrons. The van der Waals surface area contributed by atoms with E-state index < -0.39 is 10.0 Å². The highest BCUT2D eigenvalue weighted by atomic mass is 127. The van der Waals surface area contributed by atoms with Crippen LogP contribution in [0, 0.1) is 0 Å². The molecule has 0 spiro atoms. The zero-order chi connectivity index (χ0) is 18.4. The molecular weight excluding hydrogens is 479 g/mol. The van der Waals surface area contributed by atoms with Crippen LogP contribution in [0.25, 0.3) is 0 Å². The number of hydrogen-bond donors (Lipinski definition) is 2. The molecule has 1 aromatic rings. The average molecular weight is 510 g/mol. The van der Waals surface area contributed by atoms with Crippen molar-refractivity contribution in [1.82, 2.24) is 14.9 Å². The molecule has 7 nitrogen and oxygen atoms in total. The van der Waals surface area contributed by atoms with Crippen molar-refractivity contribution in [3.8, 4) is 0 Å². The number of rotatable bonds is 7. The second-order valence-electron chi connectivity index (χ2n) is 7.24. The van der Waals surface area contributed by atoms with E-state index in [0.717, 1.165) is 50.4 Å². The summed E-state index contributed by atoms with van der Waals surface area (Å²) in [6, 6.07) is 4.28. The zero-order valence-electron chi connectivity index (χ0n) is 15.9. The molecule has 1 saturated heterocycles. The number of halogens is 1. The quantitative estimate of drug-likeness (QED) is 0.334. The first-order chi connectivity index (χ1) is 12.5. The summed E-state index contributed by atoms with van der Waals surface area (Å²) >= 11 is 0. The SMILES string of the molecule is CS(=O)(=O)N1CCC[C@@H]1CN=C(NCCc1ccco1)NC1CCCC1.I. The predicted molar refractivity (Wildman–Crippen MR) is 118 cm³/mol. The highest BCUT2D eigenvalue weighted by Crippen LogP contribution is 2.21. The largest absolute Gasteiger partial charge is 0.469 e. The first-order valence-corrected chi connectivity index (χ1v) is 11.4. The van der Waals surface area contributed by atoms with Gasteiger partial charge in [-0.2, -0.15) is 4.31 Å². The van der Waals surface area contributed by atoms with Crippen LogP contribution in [0.1, 0.15) is 44.3 Å². The minimum atomic E-state index is -3.16. The number of furan rings is 1. The monoisotopic (exact) mass is 510 g/mol. The van der Waals surface area contributed by atoms with Crippen LogP contribution >= 0.6 is 24.0 Å². The molecule has 154 valence electrons. The lowest BCUT2D eigenvalue weighted by atomic mass is 10.2. The van der Waals surface area contributed by atoms with Gasteiger partial charge in [-0.1, -0.05) is 12.8 Å². The molecule has 1 aromatic heterocycles. The van der Waals surface area contributed by atoms with Gasteiger partial charge in [-0.15, -0.1) is 24.0 Å². The molecule has 1 atom stereocenters. The van der Waals surface area contributed by atoms with Crippen molar-refractivity contribution in [2.45, 2.75) is 57.0 Å². The van der Waals surface area contributed by atoms with E-state index >= 15 is 0 Å². The molecule has 27 heavy (non-hydrogen) atoms. The van der Waals surface area contributed by atoms with Gasteiger partial charge in [0.2, 0.25) is 10.0 Å². The Hall–Kier alpha value is -0.810. The second kappa shape index (κ2) is 10.7. The van der Waals surface area contributed by atoms with Crippen LogP contribution in [-0.2, 0) is 16.4 Å². The van der Waals surface area contributed by atoms with Crippen LogP contribution in [0.4, 0.5) is 0 Å². The zero-order valence-corrected chi connectivity index (χ0v) is 19.0. The Morgan fingerprint density at radius 2 is 2.07 bits per heavy atom. The van der Waals surface area contributed by atoms with Gasteiger partial charge in [-0.3, -0.25) is 4.99 Å². The molecule has 0 unspecified atom stereocenters. The van der Waals surface area contributed by atoms with Crippen molar-refractivity contribution in [3.05, 3.63) is 24.2 Å². The molecule has 1 saturated carbocycles. The van der Waals surface area contributed by atoms with Gasteiger partial charge in [-0.05, 0) is 37.8 Å². The van der Waals surface area contributed by atoms with Crippen molar-refractivity contribution in [2.75, 3.05) is 25.9 Å². The van der Waals surface area contributed by atoms with E-state index in [0.29, 0.717) is 19.1 Å². The summed E-state index contributed by atoms with van der Waals surface area (Å²) in [5.74, 6) is 1.72. The van der Waals surface area contributed by atoms with E-state index in [4.69, 9.17) is 9.41 Å². The van der Waals surface area contributed by atoms with Crippen molar-refractivity contribution in [2.24, 2.45) is 4.99 Å². The van der Waals surface area contributed by atoms with E-state index in [1.54, 1.807) is 10.6 Å². The third-order valence-electron chi connectivity index (χ3n) is 5.15. The number of nitrogens with zero attached hydrogens (tertiary/aromatic N) is 2. The van der Waals surface area contributed by atoms with E-state index in [1.807, 2.05) is 12.1 Å². The van der Waals surface area contributed by atoms with Crippen LogP contribution in [0.2, 0.25) is 0 Å². The summed E-state index contributed by atoms with van der Waals surface area (Å²) in [4.78, 5) is 4.71. The van der Waals surface area contributed by atoms with Gasteiger partial charge in [0.25, 0.3) is 0 Å². The number of aliphatic imine (C=N–C) groups is 1. The maximum atomic E-state index is 11.9. The molecule has 2 fully saturated rings. The molecule has 0 amide bonds. The summed E-state index contributed by atoms with van der Waals surface area (Å²) in [7, 11) is -3.16. The lowest BCUT2D eigenvalue weighted by molar-refractivity contribution is 0.396. The van der Waals surface area contributed by atoms with Gasteiger partial charge < -0.3 is 15.1 Å². The average Bonchev–Trinajstić information content (AvgIpc) is 3.33. The van der Waals surface area contributed by atoms with Gasteiger partial charge in [0.05, 0.1) is 19.1 Å². The molecule has 1 aliphatic heterocycles. The topological polar surface area (TPSA) is 86.9 Å². The lowest BCUT2D eigenvalue weighted by Gasteiger charge is -2.22. The smallest absolute Gasteiger partial charge is 0.211 e. The molecule has 3 rings (SSSR count). The fourth-order valence-corrected chi connectivity index (χ4v) is 4.97. The maximum Gasteiger partial charge on any atom is 0.211 e. The molecule has 2 heterocycles. The van der Waals surface area contributed by atoms with Crippen molar-refractivity contribution in [1.29, 1.82) is 0 Å². The first-order valence-electron chi connectivity index (χ1n) is 9.56. The standard InChI is InChI=1S/C18H30N4O3S.HI/c1-26(23,24)22-12-4-8-16(22)14-20-18(21-15-6-2-3-7-15)19-11-10-17-9-5-13-25-17;/h5,9,13,15-16H,2-4,6-8,10-12,14H2,1H3,(H2,19,20,21);1H/t16-;/m1./s1. The Kier molecular flexibility index (Phi) is 8.87. The van der Waals surface area contributed by atoms with Crippen LogP contribution < -0.4 is 10.6 Å². The van der Waals surface area contributed by atoms with Gasteiger partial charge in [-0.25, -0.2) is 8.42 Å². The van der Waals surface area contributed by atoms with Gasteiger partial charge in [0.1, 0.15) is 5.76 Å². The first kappa shape index (κ1) is 22.5. The predicted octanol–water partition coefficient (Wildman–Crippen LogP) is 2.34. The van der Waals surface area contributed by atoms with Crippen LogP contribution in [0.5, 0.6) is 0 Å². The van der Waals surface area contributed by atoms with Gasteiger partial charge >= 0.3 is 0 Å². The normalized spacial score (nSPS) is 22.0. The van der Waals surface area contributed by atoms with Crippen LogP contribution in [0.15, 0.2) is 27.8 Å². The molecular formula is C18H31IN4O3S. The van der Waals surface area contributed by atoms with Crippen molar-refractivity contribution >= 4 is 40.0 Å². The summed E-state index contributed by atoms with van der Waals surface area (Å²) < 4.78 is 30.8. The van der Waals surface area contributed by atoms with E-state index in [9.17, 15) is 8.42 Å². The molecule has 0 bridgehead atoms. The Balaban J connectivity index is 0.00000261. The van der Waals surface area contributed by atoms with Gasteiger partial charge in [0.15, 0.2) is 5.96 Å². The van der Waals surface area contributed by atoms with Crippen LogP contribution in [-0.4, -0.2) is 56.7 Å². The summed E-state index contributed by atoms with van der Waals surface area (Å²) in [6.45, 7) is 1.83. The van der Waals surface area contributed by atoms with Crippen LogP contribution in [0.3, 0.4) is 0 Å². The molecule has 2 N–H and O–H groups in total. The fourth-order valence-electron chi connectivity index (χ4n) is 3.80. The van der Waals surface area contributed by atoms with E-state index in [2.05, 4.69) is 10.6 Å². The Bertz CT molecular complexity index is 687. The lowest BCUT2D eigenvalue weighted by Crippen LogP contribution is -2.44. The van der Waals surface area contributed by atoms with Crippen molar-refractivity contribution in [3.63, 3.8) is 0 Å². The minimum Gasteiger partial charge on any atom is -0.469 e. The highest BCUT2D eigenvalue weighted by Gasteiger charge is 2.31. The third kappa shape index (κ3) is 6.94. The van der Waals surface area contributed by atoms with E-state index in [1.165, 1.54) is 19.1 Å². The molecule has 9 heteroatoms. The molecule has 0 aromatic carbocycles. The summed E-state index contributed by atoms with van der Waals surface area (Å²) in [5, 5.41) is 6.89. The highest BCUT2D eigenvalue weighted by molar-refractivity contribution is 14.0. The van der Waals surface area contributed by atoms with E-state index in [-0.39, 0.29) is 30.0 Å². The minimum absolute atomic E-state index is 0. The maximum absolute atomic E-state index is 11.9. The third-order valence-corrected chi connectivity index (χ3v) is 6.48. The number of hydrogen-bond acceptors (Lipinski definition) is 4. The summed E-state index contributed by atoms with van der Waals surface area (Å²) in [6.07, 6.45) is 10.4. The second-order valence-corrected chi connectivity index (χ2v) is 9.18. The molecule has 1 aliphatic carbocycles. The fraction of sp³-hybridized carbons (Fsp3) is 0.722. The number of nitrogens with one attached hydrogen (secondary N) is 2.